The second-order valence-corrected chi connectivity index (χ2v) is 9.68. The van der Waals surface area contributed by atoms with Gasteiger partial charge in [-0.15, -0.1) is 0 Å². The highest BCUT2D eigenvalue weighted by atomic mass is 16.6. The van der Waals surface area contributed by atoms with E-state index in [0.717, 1.165) is 51.4 Å². The zero-order valence-electron chi connectivity index (χ0n) is 15.3. The SMILES string of the molecule is CC1OC(=O)C23CCC4C(CC=C5CC(O)CCC54C)C2(O)CCC13. The molecule has 138 valence electrons. The first-order chi connectivity index (χ1) is 11.8. The third-order valence-corrected chi connectivity index (χ3v) is 9.04. The molecule has 4 fully saturated rings. The lowest BCUT2D eigenvalue weighted by molar-refractivity contribution is -0.193. The topological polar surface area (TPSA) is 66.8 Å². The number of carbonyl (C=O) groups excluding carboxylic acids is 1. The van der Waals surface area contributed by atoms with Gasteiger partial charge in [0.1, 0.15) is 11.5 Å². The van der Waals surface area contributed by atoms with Gasteiger partial charge in [0.2, 0.25) is 0 Å². The minimum Gasteiger partial charge on any atom is -0.462 e. The molecule has 0 aromatic rings. The quantitative estimate of drug-likeness (QED) is 0.523. The zero-order valence-corrected chi connectivity index (χ0v) is 15.3. The number of ether oxygens (including phenoxy) is 1. The number of hydrogen-bond donors (Lipinski definition) is 2. The number of allylic oxidation sites excluding steroid dienone is 1. The monoisotopic (exact) mass is 346 g/mol. The van der Waals surface area contributed by atoms with Crippen molar-refractivity contribution in [2.24, 2.45) is 28.6 Å². The van der Waals surface area contributed by atoms with Gasteiger partial charge in [-0.3, -0.25) is 4.79 Å². The van der Waals surface area contributed by atoms with Gasteiger partial charge < -0.3 is 14.9 Å². The molecule has 0 radical (unpaired) electrons. The fourth-order valence-electron chi connectivity index (χ4n) is 7.77. The number of esters is 1. The maximum Gasteiger partial charge on any atom is 0.315 e. The molecule has 0 bridgehead atoms. The Morgan fingerprint density at radius 1 is 1.12 bits per heavy atom. The largest absolute Gasteiger partial charge is 0.462 e. The molecular formula is C21H30O4. The average Bonchev–Trinajstić information content (AvgIpc) is 3.01. The highest BCUT2D eigenvalue weighted by Gasteiger charge is 2.75. The first-order valence-electron chi connectivity index (χ1n) is 10.1. The average molecular weight is 346 g/mol. The summed E-state index contributed by atoms with van der Waals surface area (Å²) < 4.78 is 5.63. The molecule has 8 atom stereocenters. The standard InChI is InChI=1S/C21H30O4/c1-12-15-7-10-21(24)17-4-3-13-11-14(22)5-8-19(13,2)16(17)6-9-20(15,21)18(23)25-12/h3,12,14-17,22,24H,4-11H2,1-2H3. The summed E-state index contributed by atoms with van der Waals surface area (Å²) in [5.41, 5.74) is -0.109. The summed E-state index contributed by atoms with van der Waals surface area (Å²) in [4.78, 5) is 12.9. The van der Waals surface area contributed by atoms with Crippen LogP contribution < -0.4 is 0 Å². The summed E-state index contributed by atoms with van der Waals surface area (Å²) in [5, 5.41) is 22.0. The van der Waals surface area contributed by atoms with Crippen LogP contribution in [0.3, 0.4) is 0 Å². The van der Waals surface area contributed by atoms with E-state index in [1.165, 1.54) is 5.57 Å². The minimum atomic E-state index is -0.913. The Labute approximate surface area is 149 Å². The molecule has 2 N–H and O–H groups in total. The molecule has 4 nitrogen and oxygen atoms in total. The van der Waals surface area contributed by atoms with E-state index in [0.29, 0.717) is 5.92 Å². The number of aliphatic hydroxyl groups excluding tert-OH is 1. The Balaban J connectivity index is 1.58. The summed E-state index contributed by atoms with van der Waals surface area (Å²) in [6.07, 6.45) is 8.88. The van der Waals surface area contributed by atoms with Crippen LogP contribution in [0.4, 0.5) is 0 Å². The van der Waals surface area contributed by atoms with Crippen LogP contribution >= 0.6 is 0 Å². The van der Waals surface area contributed by atoms with Crippen LogP contribution in [0.1, 0.15) is 65.2 Å². The van der Waals surface area contributed by atoms with E-state index in [-0.39, 0.29) is 35.4 Å². The van der Waals surface area contributed by atoms with Crippen molar-refractivity contribution in [1.82, 2.24) is 0 Å². The number of aliphatic hydroxyl groups is 2. The zero-order chi connectivity index (χ0) is 17.6. The number of fused-ring (bicyclic) bond motifs is 4. The first kappa shape index (κ1) is 16.3. The van der Waals surface area contributed by atoms with Crippen LogP contribution in [0.25, 0.3) is 0 Å². The van der Waals surface area contributed by atoms with Crippen molar-refractivity contribution in [1.29, 1.82) is 0 Å². The van der Waals surface area contributed by atoms with E-state index >= 15 is 0 Å². The molecule has 4 aliphatic carbocycles. The molecule has 1 heterocycles. The Kier molecular flexibility index (Phi) is 3.19. The number of carbonyl (C=O) groups is 1. The van der Waals surface area contributed by atoms with Gasteiger partial charge in [-0.2, -0.15) is 0 Å². The van der Waals surface area contributed by atoms with Crippen LogP contribution in [0.5, 0.6) is 0 Å². The minimum absolute atomic E-state index is 0.0619. The highest BCUT2D eigenvalue weighted by Crippen LogP contribution is 2.70. The smallest absolute Gasteiger partial charge is 0.315 e. The van der Waals surface area contributed by atoms with Crippen molar-refractivity contribution >= 4 is 5.97 Å². The van der Waals surface area contributed by atoms with Gasteiger partial charge in [-0.05, 0) is 75.5 Å². The molecule has 1 spiro atoms. The van der Waals surface area contributed by atoms with E-state index < -0.39 is 11.0 Å². The molecule has 3 saturated carbocycles. The number of rotatable bonds is 0. The van der Waals surface area contributed by atoms with Crippen molar-refractivity contribution in [3.05, 3.63) is 11.6 Å². The van der Waals surface area contributed by atoms with Crippen molar-refractivity contribution < 1.29 is 19.7 Å². The molecule has 1 saturated heterocycles. The van der Waals surface area contributed by atoms with E-state index in [1.807, 2.05) is 6.92 Å². The molecule has 25 heavy (non-hydrogen) atoms. The van der Waals surface area contributed by atoms with Gasteiger partial charge in [0.05, 0.1) is 11.7 Å². The van der Waals surface area contributed by atoms with Gasteiger partial charge in [0, 0.05) is 5.92 Å². The Bertz CT molecular complexity index is 656. The third-order valence-electron chi connectivity index (χ3n) is 9.04. The second-order valence-electron chi connectivity index (χ2n) is 9.68. The van der Waals surface area contributed by atoms with Gasteiger partial charge in [0.15, 0.2) is 0 Å². The van der Waals surface area contributed by atoms with Crippen LogP contribution in [-0.2, 0) is 9.53 Å². The molecule has 0 aromatic carbocycles. The van der Waals surface area contributed by atoms with Gasteiger partial charge in [-0.1, -0.05) is 18.6 Å². The van der Waals surface area contributed by atoms with E-state index in [2.05, 4.69) is 13.0 Å². The molecule has 0 aromatic heterocycles. The molecule has 8 unspecified atom stereocenters. The van der Waals surface area contributed by atoms with E-state index in [1.54, 1.807) is 0 Å². The summed E-state index contributed by atoms with van der Waals surface area (Å²) in [6, 6.07) is 0. The summed E-state index contributed by atoms with van der Waals surface area (Å²) in [7, 11) is 0. The Hall–Kier alpha value is -0.870. The van der Waals surface area contributed by atoms with Crippen LogP contribution in [0.2, 0.25) is 0 Å². The molecular weight excluding hydrogens is 316 g/mol. The third kappa shape index (κ3) is 1.74. The van der Waals surface area contributed by atoms with Crippen molar-refractivity contribution in [2.75, 3.05) is 0 Å². The van der Waals surface area contributed by atoms with Crippen molar-refractivity contribution in [2.45, 2.75) is 83.0 Å². The predicted octanol–water partition coefficient (Wildman–Crippen LogP) is 2.97. The fraction of sp³-hybridized carbons (Fsp3) is 0.857. The maximum absolute atomic E-state index is 12.9. The lowest BCUT2D eigenvalue weighted by Gasteiger charge is -2.59. The van der Waals surface area contributed by atoms with Gasteiger partial charge in [-0.25, -0.2) is 0 Å². The lowest BCUT2D eigenvalue weighted by atomic mass is 9.45. The lowest BCUT2D eigenvalue weighted by Crippen LogP contribution is -2.62. The first-order valence-corrected chi connectivity index (χ1v) is 10.1. The number of cyclic esters (lactones) is 1. The fourth-order valence-corrected chi connectivity index (χ4v) is 7.77. The molecule has 5 rings (SSSR count). The Morgan fingerprint density at radius 2 is 1.88 bits per heavy atom. The normalized spacial score (nSPS) is 57.0. The summed E-state index contributed by atoms with van der Waals surface area (Å²) in [5.74, 6) is 0.603. The van der Waals surface area contributed by atoms with Crippen LogP contribution in [0.15, 0.2) is 11.6 Å². The molecule has 5 aliphatic rings. The van der Waals surface area contributed by atoms with E-state index in [9.17, 15) is 15.0 Å². The highest BCUT2D eigenvalue weighted by molar-refractivity contribution is 5.82. The molecule has 0 amide bonds. The maximum atomic E-state index is 12.9. The predicted molar refractivity (Wildman–Crippen MR) is 92.5 cm³/mol. The Morgan fingerprint density at radius 3 is 2.68 bits per heavy atom. The van der Waals surface area contributed by atoms with Crippen molar-refractivity contribution in [3.8, 4) is 0 Å². The number of hydrogen-bond acceptors (Lipinski definition) is 4. The van der Waals surface area contributed by atoms with Crippen molar-refractivity contribution in [3.63, 3.8) is 0 Å². The molecule has 4 heteroatoms. The van der Waals surface area contributed by atoms with Gasteiger partial charge in [0.25, 0.3) is 0 Å². The van der Waals surface area contributed by atoms with Crippen LogP contribution in [0, 0.1) is 28.6 Å². The van der Waals surface area contributed by atoms with Crippen LogP contribution in [-0.4, -0.2) is 34.0 Å². The molecule has 1 aliphatic heterocycles. The van der Waals surface area contributed by atoms with E-state index in [4.69, 9.17) is 4.74 Å². The summed E-state index contributed by atoms with van der Waals surface area (Å²) in [6.45, 7) is 4.34. The second kappa shape index (κ2) is 4.89. The van der Waals surface area contributed by atoms with Gasteiger partial charge >= 0.3 is 5.97 Å². The summed E-state index contributed by atoms with van der Waals surface area (Å²) >= 11 is 0.